The Morgan fingerprint density at radius 2 is 1.96 bits per heavy atom. The standard InChI is InChI=1S/C16H23F2N3O3S/c1-4-23-13-9-11(5-6-12(13)24-15(17)18)14(22)20-21-16(25)19-8-7-10(2)3/h5-6,9-10,15H,4,7-8H2,1-3H3,(H,20,22)(H2,19,21,25). The van der Waals surface area contributed by atoms with Crippen molar-refractivity contribution in [1.82, 2.24) is 16.2 Å². The molecule has 0 radical (unpaired) electrons. The van der Waals surface area contributed by atoms with Gasteiger partial charge in [-0.3, -0.25) is 15.6 Å². The average Bonchev–Trinajstić information content (AvgIpc) is 2.53. The van der Waals surface area contributed by atoms with Gasteiger partial charge in [-0.25, -0.2) is 0 Å². The Kier molecular flexibility index (Phi) is 8.90. The van der Waals surface area contributed by atoms with Gasteiger partial charge in [0.15, 0.2) is 16.6 Å². The molecule has 1 aromatic carbocycles. The fourth-order valence-electron chi connectivity index (χ4n) is 1.82. The minimum absolute atomic E-state index is 0.0630. The van der Waals surface area contributed by atoms with Crippen molar-refractivity contribution in [3.63, 3.8) is 0 Å². The van der Waals surface area contributed by atoms with Gasteiger partial charge in [0, 0.05) is 12.1 Å². The van der Waals surface area contributed by atoms with Crippen molar-refractivity contribution in [3.05, 3.63) is 23.8 Å². The molecule has 0 aliphatic carbocycles. The van der Waals surface area contributed by atoms with Crippen molar-refractivity contribution in [3.8, 4) is 11.5 Å². The summed E-state index contributed by atoms with van der Waals surface area (Å²) >= 11 is 5.05. The predicted octanol–water partition coefficient (Wildman–Crippen LogP) is 2.84. The van der Waals surface area contributed by atoms with Crippen molar-refractivity contribution >= 4 is 23.2 Å². The molecule has 3 N–H and O–H groups in total. The molecule has 1 rings (SSSR count). The zero-order valence-electron chi connectivity index (χ0n) is 14.4. The van der Waals surface area contributed by atoms with Crippen LogP contribution in [0.5, 0.6) is 11.5 Å². The Balaban J connectivity index is 2.62. The topological polar surface area (TPSA) is 71.6 Å². The first-order valence-corrected chi connectivity index (χ1v) is 8.30. The number of alkyl halides is 2. The number of benzene rings is 1. The summed E-state index contributed by atoms with van der Waals surface area (Å²) in [6, 6.07) is 3.94. The number of rotatable bonds is 8. The first-order chi connectivity index (χ1) is 11.8. The van der Waals surface area contributed by atoms with Crippen molar-refractivity contribution in [2.45, 2.75) is 33.8 Å². The Bertz CT molecular complexity index is 586. The lowest BCUT2D eigenvalue weighted by atomic mass is 10.1. The van der Waals surface area contributed by atoms with E-state index in [4.69, 9.17) is 17.0 Å². The van der Waals surface area contributed by atoms with Crippen LogP contribution < -0.4 is 25.6 Å². The van der Waals surface area contributed by atoms with Gasteiger partial charge in [0.05, 0.1) is 6.61 Å². The first kappa shape index (κ1) is 20.9. The highest BCUT2D eigenvalue weighted by atomic mass is 32.1. The van der Waals surface area contributed by atoms with E-state index in [1.54, 1.807) is 6.92 Å². The maximum atomic E-state index is 12.4. The van der Waals surface area contributed by atoms with Crippen molar-refractivity contribution < 1.29 is 23.0 Å². The van der Waals surface area contributed by atoms with E-state index >= 15 is 0 Å². The Morgan fingerprint density at radius 1 is 1.24 bits per heavy atom. The quantitative estimate of drug-likeness (QED) is 0.479. The van der Waals surface area contributed by atoms with E-state index in [0.29, 0.717) is 12.5 Å². The summed E-state index contributed by atoms with van der Waals surface area (Å²) in [5, 5.41) is 3.25. The van der Waals surface area contributed by atoms with Crippen molar-refractivity contribution in [2.24, 2.45) is 5.92 Å². The summed E-state index contributed by atoms with van der Waals surface area (Å²) in [6.45, 7) is 3.84. The highest BCUT2D eigenvalue weighted by Gasteiger charge is 2.14. The summed E-state index contributed by atoms with van der Waals surface area (Å²) in [5.74, 6) is -0.0197. The van der Waals surface area contributed by atoms with Gasteiger partial charge in [0.25, 0.3) is 5.91 Å². The molecule has 0 saturated carbocycles. The maximum absolute atomic E-state index is 12.4. The number of nitrogens with one attached hydrogen (secondary N) is 3. The molecular formula is C16H23F2N3O3S. The monoisotopic (exact) mass is 375 g/mol. The van der Waals surface area contributed by atoms with E-state index in [9.17, 15) is 13.6 Å². The van der Waals surface area contributed by atoms with Crippen molar-refractivity contribution in [2.75, 3.05) is 13.2 Å². The largest absolute Gasteiger partial charge is 0.490 e. The lowest BCUT2D eigenvalue weighted by Gasteiger charge is -2.14. The van der Waals surface area contributed by atoms with E-state index in [-0.39, 0.29) is 28.8 Å². The molecule has 0 aromatic heterocycles. The highest BCUT2D eigenvalue weighted by molar-refractivity contribution is 7.80. The van der Waals surface area contributed by atoms with E-state index in [1.165, 1.54) is 18.2 Å². The second kappa shape index (κ2) is 10.7. The van der Waals surface area contributed by atoms with Crippen molar-refractivity contribution in [1.29, 1.82) is 0 Å². The number of hydrogen-bond donors (Lipinski definition) is 3. The molecule has 0 saturated heterocycles. The smallest absolute Gasteiger partial charge is 0.387 e. The number of thiocarbonyl (C=S) groups is 1. The molecule has 0 fully saturated rings. The molecule has 0 bridgehead atoms. The maximum Gasteiger partial charge on any atom is 0.387 e. The molecule has 25 heavy (non-hydrogen) atoms. The number of carbonyl (C=O) groups excluding carboxylic acids is 1. The van der Waals surface area contributed by atoms with E-state index in [1.807, 2.05) is 0 Å². The molecule has 0 spiro atoms. The minimum atomic E-state index is -2.98. The third-order valence-corrected chi connectivity index (χ3v) is 3.27. The van der Waals surface area contributed by atoms with Crippen LogP contribution in [0.3, 0.4) is 0 Å². The van der Waals surface area contributed by atoms with Crippen LogP contribution in [0.4, 0.5) is 8.78 Å². The van der Waals surface area contributed by atoms with Gasteiger partial charge in [-0.05, 0) is 49.7 Å². The number of carbonyl (C=O) groups is 1. The molecule has 1 amide bonds. The third-order valence-electron chi connectivity index (χ3n) is 3.02. The van der Waals surface area contributed by atoms with Crippen LogP contribution >= 0.6 is 12.2 Å². The number of hydrogen-bond acceptors (Lipinski definition) is 4. The second-order valence-corrected chi connectivity index (χ2v) is 5.90. The van der Waals surface area contributed by atoms with Crippen LogP contribution in [-0.2, 0) is 0 Å². The van der Waals surface area contributed by atoms with Gasteiger partial charge in [-0.2, -0.15) is 8.78 Å². The Morgan fingerprint density at radius 3 is 2.56 bits per heavy atom. The predicted molar refractivity (Wildman–Crippen MR) is 94.9 cm³/mol. The zero-order valence-corrected chi connectivity index (χ0v) is 15.2. The van der Waals surface area contributed by atoms with Crippen LogP contribution in [0.2, 0.25) is 0 Å². The van der Waals surface area contributed by atoms with E-state index < -0.39 is 12.5 Å². The molecular weight excluding hydrogens is 352 g/mol. The van der Waals surface area contributed by atoms with Gasteiger partial charge in [0.1, 0.15) is 0 Å². The number of ether oxygens (including phenoxy) is 2. The lowest BCUT2D eigenvalue weighted by Crippen LogP contribution is -2.47. The SMILES string of the molecule is CCOc1cc(C(=O)NNC(=S)NCCC(C)C)ccc1OC(F)F. The van der Waals surface area contributed by atoms with Gasteiger partial charge in [-0.1, -0.05) is 13.8 Å². The normalized spacial score (nSPS) is 10.5. The van der Waals surface area contributed by atoms with Gasteiger partial charge >= 0.3 is 6.61 Å². The van der Waals surface area contributed by atoms with Crippen LogP contribution in [0.1, 0.15) is 37.6 Å². The van der Waals surface area contributed by atoms with Gasteiger partial charge < -0.3 is 14.8 Å². The fraction of sp³-hybridized carbons (Fsp3) is 0.500. The molecule has 0 heterocycles. The molecule has 0 unspecified atom stereocenters. The lowest BCUT2D eigenvalue weighted by molar-refractivity contribution is -0.0514. The molecule has 0 aliphatic rings. The van der Waals surface area contributed by atoms with Crippen LogP contribution in [0.15, 0.2) is 18.2 Å². The molecule has 140 valence electrons. The third kappa shape index (κ3) is 7.97. The number of halogens is 2. The number of hydrazine groups is 1. The van der Waals surface area contributed by atoms with E-state index in [0.717, 1.165) is 6.42 Å². The Labute approximate surface area is 151 Å². The van der Waals surface area contributed by atoms with Crippen LogP contribution in [0, 0.1) is 5.92 Å². The summed E-state index contributed by atoms with van der Waals surface area (Å²) in [4.78, 5) is 12.1. The van der Waals surface area contributed by atoms with Gasteiger partial charge in [-0.15, -0.1) is 0 Å². The molecule has 6 nitrogen and oxygen atoms in total. The molecule has 0 atom stereocenters. The second-order valence-electron chi connectivity index (χ2n) is 5.49. The van der Waals surface area contributed by atoms with E-state index in [2.05, 4.69) is 34.8 Å². The molecule has 9 heteroatoms. The number of amides is 1. The zero-order chi connectivity index (χ0) is 18.8. The van der Waals surface area contributed by atoms with Crippen LogP contribution in [0.25, 0.3) is 0 Å². The molecule has 1 aromatic rings. The summed E-state index contributed by atoms with van der Waals surface area (Å²) in [7, 11) is 0. The summed E-state index contributed by atoms with van der Waals surface area (Å²) in [6.07, 6.45) is 0.944. The van der Waals surface area contributed by atoms with Crippen LogP contribution in [-0.4, -0.2) is 30.8 Å². The summed E-state index contributed by atoms with van der Waals surface area (Å²) in [5.41, 5.74) is 5.22. The first-order valence-electron chi connectivity index (χ1n) is 7.89. The fourth-order valence-corrected chi connectivity index (χ4v) is 1.97. The Hall–Kier alpha value is -2.16. The average molecular weight is 375 g/mol. The van der Waals surface area contributed by atoms with Gasteiger partial charge in [0.2, 0.25) is 0 Å². The summed E-state index contributed by atoms with van der Waals surface area (Å²) < 4.78 is 34.3. The minimum Gasteiger partial charge on any atom is -0.490 e. The molecule has 0 aliphatic heterocycles. The highest BCUT2D eigenvalue weighted by Crippen LogP contribution is 2.29.